The van der Waals surface area contributed by atoms with E-state index in [0.29, 0.717) is 17.6 Å². The van der Waals surface area contributed by atoms with Crippen molar-refractivity contribution in [1.82, 2.24) is 4.90 Å². The first-order chi connectivity index (χ1) is 5.97. The Balaban J connectivity index is 2.62. The second-order valence-electron chi connectivity index (χ2n) is 5.04. The highest BCUT2D eigenvalue weighted by atomic mass is 16.5. The Morgan fingerprint density at radius 3 is 2.38 bits per heavy atom. The van der Waals surface area contributed by atoms with Gasteiger partial charge in [-0.05, 0) is 32.4 Å². The van der Waals surface area contributed by atoms with Gasteiger partial charge in [-0.15, -0.1) is 0 Å². The summed E-state index contributed by atoms with van der Waals surface area (Å²) in [4.78, 5) is 2.28. The van der Waals surface area contributed by atoms with Crippen LogP contribution in [0.2, 0.25) is 0 Å². The highest BCUT2D eigenvalue weighted by Gasteiger charge is 2.37. The molecule has 2 unspecified atom stereocenters. The van der Waals surface area contributed by atoms with Gasteiger partial charge in [0.25, 0.3) is 0 Å². The van der Waals surface area contributed by atoms with Crippen LogP contribution in [-0.4, -0.2) is 37.7 Å². The Hall–Kier alpha value is -0.0800. The first kappa shape index (κ1) is 11.0. The molecule has 1 fully saturated rings. The summed E-state index contributed by atoms with van der Waals surface area (Å²) in [5, 5.41) is 0. The fourth-order valence-corrected chi connectivity index (χ4v) is 2.34. The topological polar surface area (TPSA) is 12.5 Å². The van der Waals surface area contributed by atoms with Crippen LogP contribution in [0.25, 0.3) is 0 Å². The van der Waals surface area contributed by atoms with Crippen LogP contribution in [0.15, 0.2) is 0 Å². The second kappa shape index (κ2) is 3.97. The van der Waals surface area contributed by atoms with Crippen LogP contribution in [-0.2, 0) is 4.74 Å². The van der Waals surface area contributed by atoms with Crippen LogP contribution in [0.3, 0.4) is 0 Å². The Morgan fingerprint density at radius 1 is 1.38 bits per heavy atom. The fraction of sp³-hybridized carbons (Fsp3) is 1.00. The molecule has 1 saturated heterocycles. The molecule has 1 rings (SSSR count). The summed E-state index contributed by atoms with van der Waals surface area (Å²) in [6, 6.07) is 0.565. The van der Waals surface area contributed by atoms with Crippen molar-refractivity contribution >= 4 is 0 Å². The van der Waals surface area contributed by atoms with Crippen molar-refractivity contribution in [2.75, 3.05) is 20.7 Å². The molecule has 1 heterocycles. The number of likely N-dealkylation sites (N-methyl/N-ethyl adjacent to an activating group) is 1. The highest BCUT2D eigenvalue weighted by molar-refractivity contribution is 4.89. The van der Waals surface area contributed by atoms with E-state index in [4.69, 9.17) is 4.74 Å². The monoisotopic (exact) mass is 185 g/mol. The zero-order chi connectivity index (χ0) is 10.1. The van der Waals surface area contributed by atoms with Crippen LogP contribution < -0.4 is 0 Å². The average molecular weight is 185 g/mol. The van der Waals surface area contributed by atoms with Gasteiger partial charge in [0.05, 0.1) is 12.7 Å². The molecule has 0 aliphatic carbocycles. The van der Waals surface area contributed by atoms with Crippen LogP contribution in [0, 0.1) is 5.41 Å². The van der Waals surface area contributed by atoms with Crippen molar-refractivity contribution in [3.8, 4) is 0 Å². The first-order valence-corrected chi connectivity index (χ1v) is 5.25. The molecule has 2 nitrogen and oxygen atoms in total. The molecule has 0 aromatic carbocycles. The molecule has 0 aromatic heterocycles. The van der Waals surface area contributed by atoms with E-state index in [-0.39, 0.29) is 0 Å². The smallest absolute Gasteiger partial charge is 0.0630 e. The molecular weight excluding hydrogens is 162 g/mol. The zero-order valence-corrected chi connectivity index (χ0v) is 9.63. The molecule has 0 radical (unpaired) electrons. The zero-order valence-electron chi connectivity index (χ0n) is 9.63. The SMILES string of the molecule is CCC1CC(C)(C)C(N(C)C)CO1. The van der Waals surface area contributed by atoms with E-state index in [9.17, 15) is 0 Å². The maximum Gasteiger partial charge on any atom is 0.0630 e. The summed E-state index contributed by atoms with van der Waals surface area (Å²) < 4.78 is 5.79. The van der Waals surface area contributed by atoms with Crippen molar-refractivity contribution < 1.29 is 4.74 Å². The van der Waals surface area contributed by atoms with Gasteiger partial charge < -0.3 is 9.64 Å². The van der Waals surface area contributed by atoms with Crippen LogP contribution >= 0.6 is 0 Å². The van der Waals surface area contributed by atoms with Gasteiger partial charge in [0, 0.05) is 6.04 Å². The predicted molar refractivity (Wildman–Crippen MR) is 55.9 cm³/mol. The predicted octanol–water partition coefficient (Wildman–Crippen LogP) is 2.14. The van der Waals surface area contributed by atoms with Gasteiger partial charge in [0.15, 0.2) is 0 Å². The third-order valence-corrected chi connectivity index (χ3v) is 3.22. The molecule has 0 bridgehead atoms. The summed E-state index contributed by atoms with van der Waals surface area (Å²) >= 11 is 0. The molecule has 13 heavy (non-hydrogen) atoms. The quantitative estimate of drug-likeness (QED) is 0.653. The van der Waals surface area contributed by atoms with Crippen molar-refractivity contribution in [2.24, 2.45) is 5.41 Å². The minimum Gasteiger partial charge on any atom is -0.377 e. The number of hydrogen-bond donors (Lipinski definition) is 0. The lowest BCUT2D eigenvalue weighted by molar-refractivity contribution is -0.0879. The minimum atomic E-state index is 0.391. The highest BCUT2D eigenvalue weighted by Crippen LogP contribution is 2.35. The Kier molecular flexibility index (Phi) is 3.36. The summed E-state index contributed by atoms with van der Waals surface area (Å²) in [5.74, 6) is 0. The van der Waals surface area contributed by atoms with Gasteiger partial charge in [-0.1, -0.05) is 20.8 Å². The largest absolute Gasteiger partial charge is 0.377 e. The van der Waals surface area contributed by atoms with Gasteiger partial charge in [-0.3, -0.25) is 0 Å². The minimum absolute atomic E-state index is 0.391. The van der Waals surface area contributed by atoms with E-state index in [1.165, 1.54) is 6.42 Å². The van der Waals surface area contributed by atoms with Crippen LogP contribution in [0.5, 0.6) is 0 Å². The average Bonchev–Trinajstić information content (AvgIpc) is 2.01. The number of nitrogens with zero attached hydrogens (tertiary/aromatic N) is 1. The van der Waals surface area contributed by atoms with Gasteiger partial charge in [-0.2, -0.15) is 0 Å². The molecule has 1 aliphatic rings. The molecule has 1 aliphatic heterocycles. The molecule has 2 heteroatoms. The maximum absolute atomic E-state index is 5.79. The number of ether oxygens (including phenoxy) is 1. The lowest BCUT2D eigenvalue weighted by Gasteiger charge is -2.45. The molecule has 0 N–H and O–H groups in total. The third-order valence-electron chi connectivity index (χ3n) is 3.22. The van der Waals surface area contributed by atoms with Gasteiger partial charge in [0.1, 0.15) is 0 Å². The van der Waals surface area contributed by atoms with Crippen molar-refractivity contribution in [3.05, 3.63) is 0 Å². The summed E-state index contributed by atoms with van der Waals surface area (Å²) in [7, 11) is 4.28. The molecular formula is C11H23NO. The van der Waals surface area contributed by atoms with E-state index in [1.807, 2.05) is 0 Å². The summed E-state index contributed by atoms with van der Waals surface area (Å²) in [5.41, 5.74) is 0.391. The number of rotatable bonds is 2. The second-order valence-corrected chi connectivity index (χ2v) is 5.04. The van der Waals surface area contributed by atoms with E-state index >= 15 is 0 Å². The Bertz CT molecular complexity index is 165. The van der Waals surface area contributed by atoms with Crippen LogP contribution in [0.1, 0.15) is 33.6 Å². The third kappa shape index (κ3) is 2.44. The normalized spacial score (nSPS) is 33.7. The first-order valence-electron chi connectivity index (χ1n) is 5.25. The molecule has 0 saturated carbocycles. The van der Waals surface area contributed by atoms with E-state index in [0.717, 1.165) is 13.0 Å². The van der Waals surface area contributed by atoms with Crippen molar-refractivity contribution in [2.45, 2.75) is 45.8 Å². The van der Waals surface area contributed by atoms with Gasteiger partial charge >= 0.3 is 0 Å². The van der Waals surface area contributed by atoms with Gasteiger partial charge in [-0.25, -0.2) is 0 Å². The molecule has 0 amide bonds. The van der Waals surface area contributed by atoms with Crippen molar-refractivity contribution in [3.63, 3.8) is 0 Å². The standard InChI is InChI=1S/C11H23NO/c1-6-9-7-11(2,3)10(8-13-9)12(4)5/h9-10H,6-8H2,1-5H3. The summed E-state index contributed by atoms with van der Waals surface area (Å²) in [6.45, 7) is 7.79. The maximum atomic E-state index is 5.79. The van der Waals surface area contributed by atoms with E-state index < -0.39 is 0 Å². The fourth-order valence-electron chi connectivity index (χ4n) is 2.34. The van der Waals surface area contributed by atoms with Crippen molar-refractivity contribution in [1.29, 1.82) is 0 Å². The lowest BCUT2D eigenvalue weighted by atomic mass is 9.77. The molecule has 2 atom stereocenters. The Morgan fingerprint density at radius 2 is 2.00 bits per heavy atom. The van der Waals surface area contributed by atoms with E-state index in [2.05, 4.69) is 39.8 Å². The number of hydrogen-bond acceptors (Lipinski definition) is 2. The molecule has 0 spiro atoms. The summed E-state index contributed by atoms with van der Waals surface area (Å²) in [6.07, 6.45) is 2.81. The molecule has 0 aromatic rings. The van der Waals surface area contributed by atoms with E-state index in [1.54, 1.807) is 0 Å². The Labute approximate surface area is 82.3 Å². The lowest BCUT2D eigenvalue weighted by Crippen LogP contribution is -2.50. The van der Waals surface area contributed by atoms with Crippen LogP contribution in [0.4, 0.5) is 0 Å². The molecule has 78 valence electrons. The van der Waals surface area contributed by atoms with Gasteiger partial charge in [0.2, 0.25) is 0 Å².